The summed E-state index contributed by atoms with van der Waals surface area (Å²) in [6.45, 7) is 2.36. The van der Waals surface area contributed by atoms with E-state index in [1.807, 2.05) is 19.1 Å². The number of benzene rings is 1. The second-order valence-electron chi connectivity index (χ2n) is 4.80. The van der Waals surface area contributed by atoms with Crippen molar-refractivity contribution < 1.29 is 0 Å². The van der Waals surface area contributed by atoms with Crippen molar-refractivity contribution in [3.05, 3.63) is 55.9 Å². The molecule has 0 saturated heterocycles. The quantitative estimate of drug-likeness (QED) is 0.591. The van der Waals surface area contributed by atoms with E-state index in [2.05, 4.69) is 25.9 Å². The summed E-state index contributed by atoms with van der Waals surface area (Å²) >= 11 is 10.5. The predicted molar refractivity (Wildman–Crippen MR) is 97.5 cm³/mol. The fraction of sp³-hybridized carbons (Fsp3) is 0.125. The van der Waals surface area contributed by atoms with Gasteiger partial charge < -0.3 is 0 Å². The molecule has 3 aromatic rings. The molecule has 0 aliphatic rings. The molecule has 5 nitrogen and oxygen atoms in total. The van der Waals surface area contributed by atoms with Crippen LogP contribution in [-0.2, 0) is 6.54 Å². The average molecular weight is 422 g/mol. The van der Waals surface area contributed by atoms with Crippen LogP contribution in [0.25, 0.3) is 10.9 Å². The van der Waals surface area contributed by atoms with Crippen molar-refractivity contribution in [1.29, 1.82) is 5.26 Å². The van der Waals surface area contributed by atoms with Crippen molar-refractivity contribution in [2.24, 2.45) is 0 Å². The van der Waals surface area contributed by atoms with Crippen molar-refractivity contribution in [2.45, 2.75) is 23.7 Å². The summed E-state index contributed by atoms with van der Waals surface area (Å²) in [6, 6.07) is 10.7. The molecule has 0 aliphatic carbocycles. The molecule has 8 heteroatoms. The van der Waals surface area contributed by atoms with Crippen LogP contribution in [0.2, 0.25) is 5.02 Å². The SMILES string of the molecule is CCn1c(Sc2ccc(Cl)c(C#N)n2)nc2ccc(Br)cc2c1=O. The van der Waals surface area contributed by atoms with E-state index >= 15 is 0 Å². The Kier molecular flexibility index (Phi) is 4.90. The molecule has 24 heavy (non-hydrogen) atoms. The van der Waals surface area contributed by atoms with Gasteiger partial charge in [-0.2, -0.15) is 5.26 Å². The number of hydrogen-bond donors (Lipinski definition) is 0. The Morgan fingerprint density at radius 2 is 2.12 bits per heavy atom. The van der Waals surface area contributed by atoms with Crippen LogP contribution in [0.1, 0.15) is 12.6 Å². The Morgan fingerprint density at radius 3 is 2.83 bits per heavy atom. The summed E-state index contributed by atoms with van der Waals surface area (Å²) in [6.07, 6.45) is 0. The van der Waals surface area contributed by atoms with E-state index in [4.69, 9.17) is 16.9 Å². The average Bonchev–Trinajstić information content (AvgIpc) is 2.57. The fourth-order valence-electron chi connectivity index (χ4n) is 2.18. The molecular formula is C16H10BrClN4OS. The van der Waals surface area contributed by atoms with Crippen LogP contribution < -0.4 is 5.56 Å². The highest BCUT2D eigenvalue weighted by atomic mass is 79.9. The van der Waals surface area contributed by atoms with Crippen molar-refractivity contribution in [3.8, 4) is 6.07 Å². The normalized spacial score (nSPS) is 10.8. The molecule has 0 radical (unpaired) electrons. The van der Waals surface area contributed by atoms with Gasteiger partial charge in [0.05, 0.1) is 15.9 Å². The zero-order chi connectivity index (χ0) is 17.3. The second-order valence-corrected chi connectivity index (χ2v) is 7.11. The van der Waals surface area contributed by atoms with E-state index in [9.17, 15) is 4.79 Å². The van der Waals surface area contributed by atoms with Gasteiger partial charge in [-0.3, -0.25) is 9.36 Å². The number of halogens is 2. The molecule has 0 bridgehead atoms. The van der Waals surface area contributed by atoms with Crippen LogP contribution in [0.5, 0.6) is 0 Å². The van der Waals surface area contributed by atoms with Gasteiger partial charge in [-0.1, -0.05) is 27.5 Å². The van der Waals surface area contributed by atoms with E-state index in [1.165, 1.54) is 11.8 Å². The summed E-state index contributed by atoms with van der Waals surface area (Å²) in [5, 5.41) is 11.0. The van der Waals surface area contributed by atoms with E-state index in [1.54, 1.807) is 28.8 Å². The van der Waals surface area contributed by atoms with E-state index in [-0.39, 0.29) is 11.3 Å². The zero-order valence-corrected chi connectivity index (χ0v) is 15.6. The molecule has 2 heterocycles. The highest BCUT2D eigenvalue weighted by molar-refractivity contribution is 9.10. The van der Waals surface area contributed by atoms with Crippen molar-refractivity contribution in [3.63, 3.8) is 0 Å². The summed E-state index contributed by atoms with van der Waals surface area (Å²) in [7, 11) is 0. The number of pyridine rings is 1. The van der Waals surface area contributed by atoms with Crippen LogP contribution in [-0.4, -0.2) is 14.5 Å². The Labute approximate surface area is 155 Å². The Balaban J connectivity index is 2.14. The zero-order valence-electron chi connectivity index (χ0n) is 12.5. The first kappa shape index (κ1) is 17.0. The minimum atomic E-state index is -0.110. The number of nitrogens with zero attached hydrogens (tertiary/aromatic N) is 4. The fourth-order valence-corrected chi connectivity index (χ4v) is 3.62. The molecule has 0 fully saturated rings. The lowest BCUT2D eigenvalue weighted by Crippen LogP contribution is -2.22. The summed E-state index contributed by atoms with van der Waals surface area (Å²) in [5.41, 5.74) is 0.655. The van der Waals surface area contributed by atoms with Gasteiger partial charge in [-0.05, 0) is 49.0 Å². The third-order valence-electron chi connectivity index (χ3n) is 3.32. The Bertz CT molecular complexity index is 1040. The van der Waals surface area contributed by atoms with Crippen molar-refractivity contribution in [1.82, 2.24) is 14.5 Å². The maximum absolute atomic E-state index is 12.7. The van der Waals surface area contributed by atoms with Crippen LogP contribution in [0.3, 0.4) is 0 Å². The predicted octanol–water partition coefficient (Wildman–Crippen LogP) is 4.25. The molecule has 1 aromatic carbocycles. The molecule has 0 amide bonds. The molecule has 0 aliphatic heterocycles. The lowest BCUT2D eigenvalue weighted by Gasteiger charge is -2.11. The molecule has 2 aromatic heterocycles. The summed E-state index contributed by atoms with van der Waals surface area (Å²) < 4.78 is 2.41. The standard InChI is InChI=1S/C16H10BrClN4OS/c1-2-22-15(23)10-7-9(17)3-5-12(10)21-16(22)24-14-6-4-11(18)13(8-19)20-14/h3-7H,2H2,1H3. The number of rotatable bonds is 3. The van der Waals surface area contributed by atoms with Gasteiger partial charge in [0.15, 0.2) is 10.9 Å². The molecule has 3 rings (SSSR count). The van der Waals surface area contributed by atoms with E-state index in [0.717, 1.165) is 4.47 Å². The maximum Gasteiger partial charge on any atom is 0.262 e. The lowest BCUT2D eigenvalue weighted by atomic mass is 10.2. The van der Waals surface area contributed by atoms with Crippen molar-refractivity contribution in [2.75, 3.05) is 0 Å². The summed E-state index contributed by atoms with van der Waals surface area (Å²) in [5.74, 6) is 0. The monoisotopic (exact) mass is 420 g/mol. The largest absolute Gasteiger partial charge is 0.287 e. The number of hydrogen-bond acceptors (Lipinski definition) is 5. The second kappa shape index (κ2) is 6.93. The maximum atomic E-state index is 12.7. The van der Waals surface area contributed by atoms with Crippen LogP contribution in [0.4, 0.5) is 0 Å². The number of aromatic nitrogens is 3. The molecule has 0 spiro atoms. The van der Waals surface area contributed by atoms with Crippen LogP contribution >= 0.6 is 39.3 Å². The van der Waals surface area contributed by atoms with Gasteiger partial charge >= 0.3 is 0 Å². The molecule has 0 unspecified atom stereocenters. The van der Waals surface area contributed by atoms with Crippen LogP contribution in [0.15, 0.2) is 49.8 Å². The van der Waals surface area contributed by atoms with Gasteiger partial charge in [0.1, 0.15) is 11.1 Å². The summed E-state index contributed by atoms with van der Waals surface area (Å²) in [4.78, 5) is 21.5. The highest BCUT2D eigenvalue weighted by Gasteiger charge is 2.13. The minimum Gasteiger partial charge on any atom is -0.287 e. The molecular weight excluding hydrogens is 412 g/mol. The molecule has 120 valence electrons. The van der Waals surface area contributed by atoms with Crippen LogP contribution in [0, 0.1) is 11.3 Å². The molecule has 0 atom stereocenters. The van der Waals surface area contributed by atoms with Gasteiger partial charge in [-0.25, -0.2) is 9.97 Å². The number of nitriles is 1. The van der Waals surface area contributed by atoms with Gasteiger partial charge in [-0.15, -0.1) is 0 Å². The molecule has 0 N–H and O–H groups in total. The first-order chi connectivity index (χ1) is 11.5. The third kappa shape index (κ3) is 3.18. The Morgan fingerprint density at radius 1 is 1.33 bits per heavy atom. The molecule has 0 saturated carbocycles. The van der Waals surface area contributed by atoms with E-state index in [0.29, 0.717) is 32.7 Å². The topological polar surface area (TPSA) is 71.6 Å². The van der Waals surface area contributed by atoms with Gasteiger partial charge in [0.2, 0.25) is 0 Å². The van der Waals surface area contributed by atoms with E-state index < -0.39 is 0 Å². The number of fused-ring (bicyclic) bond motifs is 1. The smallest absolute Gasteiger partial charge is 0.262 e. The lowest BCUT2D eigenvalue weighted by molar-refractivity contribution is 0.634. The van der Waals surface area contributed by atoms with Gasteiger partial charge in [0.25, 0.3) is 5.56 Å². The first-order valence-corrected chi connectivity index (χ1v) is 8.97. The first-order valence-electron chi connectivity index (χ1n) is 6.98. The van der Waals surface area contributed by atoms with Gasteiger partial charge in [0, 0.05) is 11.0 Å². The minimum absolute atomic E-state index is 0.110. The Hall–Kier alpha value is -1.88. The third-order valence-corrected chi connectivity index (χ3v) is 5.05. The van der Waals surface area contributed by atoms with Crippen molar-refractivity contribution >= 4 is 50.2 Å². The highest BCUT2D eigenvalue weighted by Crippen LogP contribution is 2.27.